The minimum absolute atomic E-state index is 0.0360. The summed E-state index contributed by atoms with van der Waals surface area (Å²) in [4.78, 5) is 23.1. The van der Waals surface area contributed by atoms with Crippen LogP contribution in [0.2, 0.25) is 0 Å². The number of amides is 1. The van der Waals surface area contributed by atoms with E-state index in [4.69, 9.17) is 14.6 Å². The van der Waals surface area contributed by atoms with Crippen LogP contribution in [0.25, 0.3) is 0 Å². The topological polar surface area (TPSA) is 84.9 Å². The molecule has 0 spiro atoms. The van der Waals surface area contributed by atoms with Crippen molar-refractivity contribution in [3.05, 3.63) is 59.2 Å². The number of nitrogens with one attached hydrogen (secondary N) is 1. The molecule has 27 heavy (non-hydrogen) atoms. The van der Waals surface area contributed by atoms with Gasteiger partial charge in [0.15, 0.2) is 11.5 Å². The summed E-state index contributed by atoms with van der Waals surface area (Å²) in [5.74, 6) is 0.486. The van der Waals surface area contributed by atoms with Crippen molar-refractivity contribution in [1.82, 2.24) is 5.32 Å². The molecule has 2 aromatic carbocycles. The maximum Gasteiger partial charge on any atom is 0.335 e. The number of carbonyl (C=O) groups is 2. The van der Waals surface area contributed by atoms with E-state index in [1.807, 2.05) is 18.2 Å². The summed E-state index contributed by atoms with van der Waals surface area (Å²) in [6.07, 6.45) is 0.916. The van der Waals surface area contributed by atoms with E-state index in [0.717, 1.165) is 22.6 Å². The van der Waals surface area contributed by atoms with Gasteiger partial charge in [-0.3, -0.25) is 4.79 Å². The van der Waals surface area contributed by atoms with Crippen LogP contribution in [0.4, 0.5) is 0 Å². The van der Waals surface area contributed by atoms with E-state index in [-0.39, 0.29) is 23.7 Å². The highest BCUT2D eigenvalue weighted by Crippen LogP contribution is 2.36. The fourth-order valence-electron chi connectivity index (χ4n) is 2.90. The van der Waals surface area contributed by atoms with Crippen molar-refractivity contribution in [2.75, 3.05) is 13.3 Å². The Morgan fingerprint density at radius 2 is 1.78 bits per heavy atom. The molecule has 0 fully saturated rings. The van der Waals surface area contributed by atoms with Crippen LogP contribution >= 0.6 is 0 Å². The number of carboxylic acids is 1. The lowest BCUT2D eigenvalue weighted by Gasteiger charge is -2.26. The fourth-order valence-corrected chi connectivity index (χ4v) is 2.90. The highest BCUT2D eigenvalue weighted by molar-refractivity contribution is 5.87. The van der Waals surface area contributed by atoms with Crippen molar-refractivity contribution >= 4 is 11.9 Å². The third-order valence-electron chi connectivity index (χ3n) is 4.72. The molecule has 0 atom stereocenters. The summed E-state index contributed by atoms with van der Waals surface area (Å²) in [6.45, 7) is 4.87. The van der Waals surface area contributed by atoms with Crippen LogP contribution in [0.3, 0.4) is 0 Å². The second-order valence-corrected chi connectivity index (χ2v) is 7.23. The molecule has 1 aliphatic heterocycles. The second-order valence-electron chi connectivity index (χ2n) is 7.23. The minimum Gasteiger partial charge on any atom is -0.478 e. The van der Waals surface area contributed by atoms with Crippen molar-refractivity contribution < 1.29 is 24.2 Å². The number of hydrogen-bond donors (Lipinski definition) is 2. The van der Waals surface area contributed by atoms with Gasteiger partial charge in [0.05, 0.1) is 5.56 Å². The van der Waals surface area contributed by atoms with Crippen molar-refractivity contribution in [1.29, 1.82) is 0 Å². The van der Waals surface area contributed by atoms with Gasteiger partial charge in [-0.05, 0) is 41.8 Å². The van der Waals surface area contributed by atoms with Crippen LogP contribution in [0.1, 0.15) is 41.8 Å². The lowest BCUT2D eigenvalue weighted by atomic mass is 9.84. The van der Waals surface area contributed by atoms with E-state index in [0.29, 0.717) is 19.4 Å². The maximum absolute atomic E-state index is 12.2. The summed E-state index contributed by atoms with van der Waals surface area (Å²) in [5.41, 5.74) is 2.00. The maximum atomic E-state index is 12.2. The first-order chi connectivity index (χ1) is 12.8. The Balaban J connectivity index is 1.51. The molecule has 0 aliphatic carbocycles. The Hall–Kier alpha value is -3.02. The smallest absolute Gasteiger partial charge is 0.335 e. The molecule has 2 N–H and O–H groups in total. The largest absolute Gasteiger partial charge is 0.478 e. The van der Waals surface area contributed by atoms with Crippen molar-refractivity contribution in [3.8, 4) is 11.5 Å². The van der Waals surface area contributed by atoms with Gasteiger partial charge in [-0.25, -0.2) is 4.79 Å². The first-order valence-electron chi connectivity index (χ1n) is 8.84. The Labute approximate surface area is 158 Å². The van der Waals surface area contributed by atoms with E-state index in [1.54, 1.807) is 24.3 Å². The monoisotopic (exact) mass is 369 g/mol. The van der Waals surface area contributed by atoms with Gasteiger partial charge in [-0.15, -0.1) is 0 Å². The van der Waals surface area contributed by atoms with Crippen LogP contribution in [-0.2, 0) is 16.6 Å². The highest BCUT2D eigenvalue weighted by atomic mass is 16.7. The van der Waals surface area contributed by atoms with Gasteiger partial charge < -0.3 is 19.9 Å². The van der Waals surface area contributed by atoms with Crippen LogP contribution in [0, 0.1) is 0 Å². The molecular formula is C21H23NO5. The fraction of sp³-hybridized carbons (Fsp3) is 0.333. The molecule has 1 amide bonds. The van der Waals surface area contributed by atoms with Crippen LogP contribution in [0.5, 0.6) is 11.5 Å². The zero-order chi connectivity index (χ0) is 19.4. The third kappa shape index (κ3) is 4.58. The first-order valence-corrected chi connectivity index (χ1v) is 8.84. The van der Waals surface area contributed by atoms with Crippen LogP contribution < -0.4 is 14.8 Å². The Morgan fingerprint density at radius 3 is 2.48 bits per heavy atom. The number of aryl methyl sites for hydroxylation is 1. The van der Waals surface area contributed by atoms with Crippen molar-refractivity contribution in [2.45, 2.75) is 32.1 Å². The zero-order valence-electron chi connectivity index (χ0n) is 15.5. The number of hydrogen-bond acceptors (Lipinski definition) is 4. The van der Waals surface area contributed by atoms with Gasteiger partial charge in [0.1, 0.15) is 0 Å². The lowest BCUT2D eigenvalue weighted by molar-refractivity contribution is -0.121. The third-order valence-corrected chi connectivity index (χ3v) is 4.72. The summed E-state index contributed by atoms with van der Waals surface area (Å²) in [7, 11) is 0. The van der Waals surface area contributed by atoms with Gasteiger partial charge >= 0.3 is 5.97 Å². The van der Waals surface area contributed by atoms with E-state index in [9.17, 15) is 9.59 Å². The van der Waals surface area contributed by atoms with Gasteiger partial charge in [0.2, 0.25) is 12.7 Å². The van der Waals surface area contributed by atoms with Gasteiger partial charge in [0, 0.05) is 18.4 Å². The predicted octanol–water partition coefficient (Wildman–Crippen LogP) is 3.14. The number of benzene rings is 2. The highest BCUT2D eigenvalue weighted by Gasteiger charge is 2.24. The summed E-state index contributed by atoms with van der Waals surface area (Å²) >= 11 is 0. The van der Waals surface area contributed by atoms with E-state index < -0.39 is 5.97 Å². The molecule has 142 valence electrons. The molecule has 1 heterocycles. The lowest BCUT2D eigenvalue weighted by Crippen LogP contribution is -2.36. The molecule has 6 heteroatoms. The molecule has 2 aromatic rings. The van der Waals surface area contributed by atoms with Crippen LogP contribution in [-0.4, -0.2) is 30.3 Å². The number of carbonyl (C=O) groups excluding carboxylic acids is 1. The average Bonchev–Trinajstić information content (AvgIpc) is 3.13. The molecule has 3 rings (SSSR count). The number of carboxylic acid groups (broad SMARTS) is 1. The number of fused-ring (bicyclic) bond motifs is 1. The first kappa shape index (κ1) is 18.8. The molecule has 0 aromatic heterocycles. The van der Waals surface area contributed by atoms with E-state index in [2.05, 4.69) is 19.2 Å². The number of rotatable bonds is 7. The van der Waals surface area contributed by atoms with Gasteiger partial charge in [-0.1, -0.05) is 32.0 Å². The van der Waals surface area contributed by atoms with E-state index in [1.165, 1.54) is 0 Å². The minimum atomic E-state index is -0.954. The number of aromatic carboxylic acids is 1. The summed E-state index contributed by atoms with van der Waals surface area (Å²) < 4.78 is 10.8. The molecule has 0 unspecified atom stereocenters. The quantitative estimate of drug-likeness (QED) is 0.783. The van der Waals surface area contributed by atoms with E-state index >= 15 is 0 Å². The second kappa shape index (κ2) is 7.70. The Bertz CT molecular complexity index is 842. The van der Waals surface area contributed by atoms with Gasteiger partial charge in [0.25, 0.3) is 0 Å². The normalized spacial score (nSPS) is 12.7. The average molecular weight is 369 g/mol. The SMILES string of the molecule is CC(C)(CNC(=O)CCc1ccc(C(=O)O)cc1)c1ccc2c(c1)OCO2. The molecule has 0 radical (unpaired) electrons. The van der Waals surface area contributed by atoms with Crippen LogP contribution in [0.15, 0.2) is 42.5 Å². The summed E-state index contributed by atoms with van der Waals surface area (Å²) in [6, 6.07) is 12.4. The van der Waals surface area contributed by atoms with Gasteiger partial charge in [-0.2, -0.15) is 0 Å². The molecule has 6 nitrogen and oxygen atoms in total. The molecule has 0 bridgehead atoms. The predicted molar refractivity (Wildman–Crippen MR) is 100 cm³/mol. The van der Waals surface area contributed by atoms with Crippen molar-refractivity contribution in [2.24, 2.45) is 0 Å². The molecule has 0 saturated heterocycles. The summed E-state index contributed by atoms with van der Waals surface area (Å²) in [5, 5.41) is 11.9. The Kier molecular flexibility index (Phi) is 5.35. The standard InChI is InChI=1S/C21H23NO5/c1-21(2,16-8-9-17-18(11-16)27-13-26-17)12-22-19(23)10-5-14-3-6-15(7-4-14)20(24)25/h3-4,6-9,11H,5,10,12-13H2,1-2H3,(H,22,23)(H,24,25). The number of ether oxygens (including phenoxy) is 2. The molecule has 0 saturated carbocycles. The van der Waals surface area contributed by atoms with Crippen molar-refractivity contribution in [3.63, 3.8) is 0 Å². The molecular weight excluding hydrogens is 346 g/mol. The zero-order valence-corrected chi connectivity index (χ0v) is 15.5. The Morgan fingerprint density at radius 1 is 1.07 bits per heavy atom. The molecule has 1 aliphatic rings.